The molecule has 0 saturated carbocycles. The Bertz CT molecular complexity index is 811. The summed E-state index contributed by atoms with van der Waals surface area (Å²) in [5, 5.41) is 0. The minimum atomic E-state index is 0.874. The smallest absolute Gasteiger partial charge is 0.137 e. The first-order valence-corrected chi connectivity index (χ1v) is 8.45. The van der Waals surface area contributed by atoms with E-state index in [1.165, 1.54) is 20.4 Å². The van der Waals surface area contributed by atoms with Crippen LogP contribution in [-0.2, 0) is 6.54 Å². The van der Waals surface area contributed by atoms with Crippen LogP contribution >= 0.6 is 22.6 Å². The van der Waals surface area contributed by atoms with E-state index in [1.807, 2.05) is 0 Å². The van der Waals surface area contributed by atoms with Crippen LogP contribution in [0, 0.1) is 10.5 Å². The summed E-state index contributed by atoms with van der Waals surface area (Å²) >= 11 is 2.34. The number of aryl methyl sites for hydroxylation is 1. The van der Waals surface area contributed by atoms with Gasteiger partial charge in [-0.2, -0.15) is 0 Å². The van der Waals surface area contributed by atoms with E-state index in [4.69, 9.17) is 4.98 Å². The Labute approximate surface area is 145 Å². The molecule has 0 aliphatic carbocycles. The lowest BCUT2D eigenvalue weighted by atomic mass is 10.1. The van der Waals surface area contributed by atoms with Crippen molar-refractivity contribution >= 4 is 28.2 Å². The molecule has 3 aromatic rings. The summed E-state index contributed by atoms with van der Waals surface area (Å²) in [6.07, 6.45) is 2.18. The van der Waals surface area contributed by atoms with E-state index in [-0.39, 0.29) is 0 Å². The van der Waals surface area contributed by atoms with Crippen LogP contribution in [0.4, 0.5) is 0 Å². The lowest BCUT2D eigenvalue weighted by molar-refractivity contribution is -0.884. The first kappa shape index (κ1) is 15.5. The van der Waals surface area contributed by atoms with Crippen LogP contribution in [0.5, 0.6) is 0 Å². The maximum atomic E-state index is 4.89. The molecule has 2 heterocycles. The van der Waals surface area contributed by atoms with Crippen molar-refractivity contribution in [3.05, 3.63) is 57.4 Å². The highest BCUT2D eigenvalue weighted by atomic mass is 127. The largest absolute Gasteiger partial charge is 0.326 e. The van der Waals surface area contributed by atoms with E-state index in [2.05, 4.69) is 97.7 Å². The van der Waals surface area contributed by atoms with Crippen LogP contribution in [0.15, 0.2) is 42.6 Å². The van der Waals surface area contributed by atoms with Gasteiger partial charge in [0.05, 0.1) is 26.8 Å². The van der Waals surface area contributed by atoms with E-state index in [1.54, 1.807) is 0 Å². The molecule has 2 aromatic heterocycles. The molecule has 0 N–H and O–H groups in total. The number of rotatable bonds is 3. The predicted molar refractivity (Wildman–Crippen MR) is 99.8 cm³/mol. The zero-order valence-corrected chi connectivity index (χ0v) is 15.6. The third-order valence-corrected chi connectivity index (χ3v) is 4.33. The highest BCUT2D eigenvalue weighted by Crippen LogP contribution is 2.27. The van der Waals surface area contributed by atoms with Crippen molar-refractivity contribution in [1.82, 2.24) is 9.38 Å². The summed E-state index contributed by atoms with van der Waals surface area (Å²) < 4.78 is 4.36. The van der Waals surface area contributed by atoms with E-state index in [0.29, 0.717) is 0 Å². The van der Waals surface area contributed by atoms with Gasteiger partial charge in [-0.15, -0.1) is 0 Å². The summed E-state index contributed by atoms with van der Waals surface area (Å²) in [5.74, 6) is 0. The first-order valence-electron chi connectivity index (χ1n) is 7.37. The van der Waals surface area contributed by atoms with Crippen LogP contribution in [0.3, 0.4) is 0 Å². The van der Waals surface area contributed by atoms with Gasteiger partial charge in [-0.05, 0) is 53.3 Å². The number of imidazole rings is 1. The van der Waals surface area contributed by atoms with E-state index < -0.39 is 0 Å². The third kappa shape index (κ3) is 3.17. The summed E-state index contributed by atoms with van der Waals surface area (Å²) in [7, 11) is 6.65. The molecule has 114 valence electrons. The molecule has 4 heteroatoms. The monoisotopic (exact) mass is 406 g/mol. The zero-order valence-electron chi connectivity index (χ0n) is 13.5. The molecule has 3 nitrogen and oxygen atoms in total. The number of pyridine rings is 1. The number of hydrogen-bond acceptors (Lipinski definition) is 1. The maximum Gasteiger partial charge on any atom is 0.137 e. The molecule has 0 spiro atoms. The van der Waals surface area contributed by atoms with E-state index in [9.17, 15) is 0 Å². The predicted octanol–water partition coefficient (Wildman–Crippen LogP) is 4.12. The Kier molecular flexibility index (Phi) is 3.99. The molecule has 1 aromatic carbocycles. The number of quaternary nitrogens is 1. The molecule has 0 bridgehead atoms. The van der Waals surface area contributed by atoms with Gasteiger partial charge in [0.2, 0.25) is 0 Å². The Hall–Kier alpha value is -1.40. The molecule has 0 aliphatic heterocycles. The first-order chi connectivity index (χ1) is 10.3. The fraction of sp³-hybridized carbons (Fsp3) is 0.278. The molecule has 0 fully saturated rings. The lowest BCUT2D eigenvalue weighted by Crippen LogP contribution is -2.34. The van der Waals surface area contributed by atoms with Crippen LogP contribution in [0.25, 0.3) is 16.9 Å². The maximum absolute atomic E-state index is 4.89. The number of benzene rings is 1. The number of nitrogens with zero attached hydrogens (tertiary/aromatic N) is 3. The molecule has 0 saturated heterocycles. The summed E-state index contributed by atoms with van der Waals surface area (Å²) in [5.41, 5.74) is 5.82. The second-order valence-electron chi connectivity index (χ2n) is 6.80. The normalized spacial score (nSPS) is 12.0. The summed E-state index contributed by atoms with van der Waals surface area (Å²) in [4.78, 5) is 4.89. The van der Waals surface area contributed by atoms with Crippen molar-refractivity contribution < 1.29 is 4.48 Å². The van der Waals surface area contributed by atoms with Crippen molar-refractivity contribution in [3.8, 4) is 11.3 Å². The van der Waals surface area contributed by atoms with Gasteiger partial charge in [0, 0.05) is 15.3 Å². The molecule has 0 unspecified atom stereocenters. The Morgan fingerprint density at radius 2 is 1.73 bits per heavy atom. The van der Waals surface area contributed by atoms with Crippen LogP contribution in [-0.4, -0.2) is 35.0 Å². The van der Waals surface area contributed by atoms with Gasteiger partial charge < -0.3 is 4.48 Å². The quantitative estimate of drug-likeness (QED) is 0.473. The zero-order chi connectivity index (χ0) is 15.9. The van der Waals surface area contributed by atoms with Gasteiger partial charge in [0.25, 0.3) is 0 Å². The van der Waals surface area contributed by atoms with Crippen molar-refractivity contribution in [3.63, 3.8) is 0 Å². The second-order valence-corrected chi connectivity index (χ2v) is 8.04. The highest BCUT2D eigenvalue weighted by Gasteiger charge is 2.20. The molecule has 0 atom stereocenters. The van der Waals surface area contributed by atoms with Gasteiger partial charge in [-0.1, -0.05) is 18.2 Å². The molecule has 22 heavy (non-hydrogen) atoms. The molecule has 3 rings (SSSR count). The fourth-order valence-corrected chi connectivity index (χ4v) is 3.00. The van der Waals surface area contributed by atoms with Gasteiger partial charge in [0.15, 0.2) is 0 Å². The van der Waals surface area contributed by atoms with Crippen LogP contribution in [0.2, 0.25) is 0 Å². The minimum Gasteiger partial charge on any atom is -0.326 e. The van der Waals surface area contributed by atoms with Gasteiger partial charge in [0.1, 0.15) is 17.9 Å². The number of hydrogen-bond donors (Lipinski definition) is 0. The van der Waals surface area contributed by atoms with Gasteiger partial charge in [-0.25, -0.2) is 4.98 Å². The highest BCUT2D eigenvalue weighted by molar-refractivity contribution is 14.1. The standard InChI is InChI=1S/C18H21IN3/c1-13-5-10-17-20-18(14-6-8-15(19)9-7-14)16(21(17)11-13)12-22(2,3)4/h5-11H,12H2,1-4H3/q+1. The average molecular weight is 406 g/mol. The molecule has 0 amide bonds. The van der Waals surface area contributed by atoms with Gasteiger partial charge >= 0.3 is 0 Å². The Balaban J connectivity index is 2.23. The van der Waals surface area contributed by atoms with Crippen LogP contribution in [0.1, 0.15) is 11.3 Å². The van der Waals surface area contributed by atoms with Gasteiger partial charge in [-0.3, -0.25) is 4.40 Å². The van der Waals surface area contributed by atoms with Crippen molar-refractivity contribution in [1.29, 1.82) is 0 Å². The van der Waals surface area contributed by atoms with Crippen molar-refractivity contribution in [2.24, 2.45) is 0 Å². The van der Waals surface area contributed by atoms with Crippen LogP contribution < -0.4 is 0 Å². The number of aromatic nitrogens is 2. The summed E-state index contributed by atoms with van der Waals surface area (Å²) in [6, 6.07) is 12.8. The van der Waals surface area contributed by atoms with Crippen molar-refractivity contribution in [2.75, 3.05) is 21.1 Å². The minimum absolute atomic E-state index is 0.874. The fourth-order valence-electron chi connectivity index (χ4n) is 2.64. The lowest BCUT2D eigenvalue weighted by Gasteiger charge is -2.24. The molecule has 0 radical (unpaired) electrons. The Morgan fingerprint density at radius 3 is 2.36 bits per heavy atom. The number of halogens is 1. The van der Waals surface area contributed by atoms with Crippen molar-refractivity contribution in [2.45, 2.75) is 13.5 Å². The average Bonchev–Trinajstić information content (AvgIpc) is 2.76. The third-order valence-electron chi connectivity index (χ3n) is 3.61. The van der Waals surface area contributed by atoms with E-state index >= 15 is 0 Å². The second kappa shape index (κ2) is 5.66. The molecule has 0 aliphatic rings. The summed E-state index contributed by atoms with van der Waals surface area (Å²) in [6.45, 7) is 3.06. The SMILES string of the molecule is Cc1ccc2nc(-c3ccc(I)cc3)c(C[N+](C)(C)C)n2c1. The molecular formula is C18H21IN3+. The van der Waals surface area contributed by atoms with E-state index in [0.717, 1.165) is 22.4 Å². The molecular weight excluding hydrogens is 385 g/mol. The number of fused-ring (bicyclic) bond motifs is 1. The topological polar surface area (TPSA) is 17.3 Å². The Morgan fingerprint density at radius 1 is 1.05 bits per heavy atom.